The molecule has 3 aromatic rings. The summed E-state index contributed by atoms with van der Waals surface area (Å²) in [5.41, 5.74) is 2.49. The maximum absolute atomic E-state index is 13.3. The molecule has 1 aliphatic heterocycles. The van der Waals surface area contributed by atoms with E-state index in [0.717, 1.165) is 18.5 Å². The number of carbonyl (C=O) groups is 2. The highest BCUT2D eigenvalue weighted by Gasteiger charge is 2.29. The van der Waals surface area contributed by atoms with Crippen molar-refractivity contribution >= 4 is 17.5 Å². The van der Waals surface area contributed by atoms with Gasteiger partial charge in [-0.2, -0.15) is 5.10 Å². The number of carbonyl (C=O) groups excluding carboxylic acids is 2. The Morgan fingerprint density at radius 1 is 1.24 bits per heavy atom. The summed E-state index contributed by atoms with van der Waals surface area (Å²) >= 11 is 0. The molecule has 0 bridgehead atoms. The van der Waals surface area contributed by atoms with E-state index < -0.39 is 0 Å². The third-order valence-electron chi connectivity index (χ3n) is 5.83. The van der Waals surface area contributed by atoms with Crippen LogP contribution in [0.4, 0.5) is 10.1 Å². The van der Waals surface area contributed by atoms with Crippen LogP contribution in [0, 0.1) is 5.82 Å². The van der Waals surface area contributed by atoms with Crippen LogP contribution in [0.25, 0.3) is 5.69 Å². The number of aromatic nitrogens is 2. The molecule has 0 aliphatic carbocycles. The minimum Gasteiger partial charge on any atom is -0.329 e. The monoisotopic (exact) mass is 458 g/mol. The first-order valence-electron chi connectivity index (χ1n) is 11.2. The van der Waals surface area contributed by atoms with Crippen molar-refractivity contribution in [2.45, 2.75) is 38.3 Å². The summed E-state index contributed by atoms with van der Waals surface area (Å²) in [5.74, 6) is -0.645. The van der Waals surface area contributed by atoms with Crippen LogP contribution in [0.5, 0.6) is 0 Å². The number of hydrogen-bond donors (Lipinski definition) is 1. The highest BCUT2D eigenvalue weighted by Crippen LogP contribution is 2.23. The fraction of sp³-hybridized carbons (Fsp3) is 0.222. The van der Waals surface area contributed by atoms with E-state index in [1.807, 2.05) is 30.0 Å². The van der Waals surface area contributed by atoms with Gasteiger partial charge in [-0.15, -0.1) is 6.58 Å². The van der Waals surface area contributed by atoms with Crippen LogP contribution < -0.4 is 5.32 Å². The normalized spacial score (nSPS) is 17.4. The molecule has 1 N–H and O–H groups in total. The van der Waals surface area contributed by atoms with Gasteiger partial charge >= 0.3 is 0 Å². The second-order valence-corrected chi connectivity index (χ2v) is 8.37. The smallest absolute Gasteiger partial charge is 0.254 e. The predicted molar refractivity (Wildman–Crippen MR) is 130 cm³/mol. The fourth-order valence-electron chi connectivity index (χ4n) is 4.20. The lowest BCUT2D eigenvalue weighted by atomic mass is 9.99. The Hall–Kier alpha value is -4.00. The van der Waals surface area contributed by atoms with Gasteiger partial charge in [0.15, 0.2) is 0 Å². The van der Waals surface area contributed by atoms with E-state index in [9.17, 15) is 14.0 Å². The lowest BCUT2D eigenvalue weighted by Gasteiger charge is -2.37. The molecular formula is C27H27FN4O2. The molecule has 0 spiro atoms. The van der Waals surface area contributed by atoms with Crippen LogP contribution in [-0.2, 0) is 11.2 Å². The number of nitrogens with one attached hydrogen (secondary N) is 1. The average Bonchev–Trinajstić information content (AvgIpc) is 3.27. The van der Waals surface area contributed by atoms with Gasteiger partial charge in [0.25, 0.3) is 5.91 Å². The van der Waals surface area contributed by atoms with Gasteiger partial charge in [0, 0.05) is 17.6 Å². The molecule has 4 rings (SSSR count). The van der Waals surface area contributed by atoms with Crippen molar-refractivity contribution in [2.24, 2.45) is 0 Å². The van der Waals surface area contributed by atoms with Crippen molar-refractivity contribution < 1.29 is 14.0 Å². The Morgan fingerprint density at radius 2 is 2.03 bits per heavy atom. The topological polar surface area (TPSA) is 67.2 Å². The van der Waals surface area contributed by atoms with E-state index >= 15 is 0 Å². The number of hydrogen-bond acceptors (Lipinski definition) is 3. The predicted octanol–water partition coefficient (Wildman–Crippen LogP) is 4.93. The van der Waals surface area contributed by atoms with Crippen molar-refractivity contribution in [2.75, 3.05) is 5.32 Å². The molecule has 2 heterocycles. The highest BCUT2D eigenvalue weighted by atomic mass is 19.1. The number of benzene rings is 2. The summed E-state index contributed by atoms with van der Waals surface area (Å²) in [6.45, 7) is 5.84. The molecule has 7 heteroatoms. The summed E-state index contributed by atoms with van der Waals surface area (Å²) in [7, 11) is 0. The first kappa shape index (κ1) is 23.2. The summed E-state index contributed by atoms with van der Waals surface area (Å²) in [6.07, 6.45) is 10.9. The van der Waals surface area contributed by atoms with E-state index in [0.29, 0.717) is 16.8 Å². The summed E-state index contributed by atoms with van der Waals surface area (Å²) in [5, 5.41) is 7.07. The maximum atomic E-state index is 13.3. The Kier molecular flexibility index (Phi) is 7.01. The van der Waals surface area contributed by atoms with E-state index in [2.05, 4.69) is 29.1 Å². The number of nitrogens with zero attached hydrogens (tertiary/aromatic N) is 3. The van der Waals surface area contributed by atoms with E-state index in [-0.39, 0.29) is 36.1 Å². The first-order valence-corrected chi connectivity index (χ1v) is 11.2. The minimum atomic E-state index is -0.373. The van der Waals surface area contributed by atoms with Crippen molar-refractivity contribution in [3.05, 3.63) is 103 Å². The van der Waals surface area contributed by atoms with Gasteiger partial charge < -0.3 is 10.2 Å². The quantitative estimate of drug-likeness (QED) is 0.511. The first-order chi connectivity index (χ1) is 16.4. The Morgan fingerprint density at radius 3 is 2.76 bits per heavy atom. The number of anilines is 1. The van der Waals surface area contributed by atoms with Crippen molar-refractivity contribution in [1.29, 1.82) is 0 Å². The molecule has 2 amide bonds. The molecular weight excluding hydrogens is 431 g/mol. The highest BCUT2D eigenvalue weighted by molar-refractivity contribution is 5.95. The van der Waals surface area contributed by atoms with Crippen molar-refractivity contribution in [1.82, 2.24) is 14.7 Å². The summed E-state index contributed by atoms with van der Waals surface area (Å²) in [4.78, 5) is 27.4. The maximum Gasteiger partial charge on any atom is 0.254 e. The fourth-order valence-corrected chi connectivity index (χ4v) is 4.20. The van der Waals surface area contributed by atoms with Gasteiger partial charge in [-0.05, 0) is 61.7 Å². The molecule has 6 nitrogen and oxygen atoms in total. The Balaban J connectivity index is 1.42. The summed E-state index contributed by atoms with van der Waals surface area (Å²) < 4.78 is 14.9. The Labute approximate surface area is 198 Å². The molecule has 0 fully saturated rings. The van der Waals surface area contributed by atoms with Gasteiger partial charge in [0.1, 0.15) is 5.82 Å². The molecule has 0 saturated carbocycles. The molecule has 2 atom stereocenters. The van der Waals surface area contributed by atoms with Crippen LogP contribution in [-0.4, -0.2) is 38.6 Å². The lowest BCUT2D eigenvalue weighted by molar-refractivity contribution is -0.115. The molecule has 0 saturated heterocycles. The number of halogens is 1. The molecule has 0 unspecified atom stereocenters. The van der Waals surface area contributed by atoms with Crippen LogP contribution in [0.2, 0.25) is 0 Å². The third kappa shape index (κ3) is 5.31. The minimum absolute atomic E-state index is 0.0129. The van der Waals surface area contributed by atoms with E-state index in [1.165, 1.54) is 12.1 Å². The Bertz CT molecular complexity index is 1220. The molecule has 1 aliphatic rings. The zero-order valence-electron chi connectivity index (χ0n) is 19.0. The zero-order chi connectivity index (χ0) is 24.1. The van der Waals surface area contributed by atoms with Crippen molar-refractivity contribution in [3.63, 3.8) is 0 Å². The molecule has 0 radical (unpaired) electrons. The van der Waals surface area contributed by atoms with Crippen molar-refractivity contribution in [3.8, 4) is 5.69 Å². The van der Waals surface area contributed by atoms with Gasteiger partial charge in [-0.25, -0.2) is 9.07 Å². The van der Waals surface area contributed by atoms with Crippen LogP contribution in [0.15, 0.2) is 85.7 Å². The standard InChI is InChI=1S/C27H27FN4O2/c1-3-6-25-10-4-7-19(2)32(25)27(34)21-11-13-24(14-12-21)31-18-23(17-29-31)30-26(33)16-20-8-5-9-22(28)15-20/h3-5,7-9,11-15,17-19,25H,1,6,10,16H2,2H3,(H,30,33)/t19-,25-/m1/s1. The lowest BCUT2D eigenvalue weighted by Crippen LogP contribution is -2.46. The molecule has 34 heavy (non-hydrogen) atoms. The largest absolute Gasteiger partial charge is 0.329 e. The second-order valence-electron chi connectivity index (χ2n) is 8.37. The molecule has 1 aromatic heterocycles. The third-order valence-corrected chi connectivity index (χ3v) is 5.83. The van der Waals surface area contributed by atoms with E-state index in [1.54, 1.807) is 41.3 Å². The number of amides is 2. The zero-order valence-corrected chi connectivity index (χ0v) is 19.0. The van der Waals surface area contributed by atoms with Crippen LogP contribution >= 0.6 is 0 Å². The average molecular weight is 459 g/mol. The summed E-state index contributed by atoms with van der Waals surface area (Å²) in [6, 6.07) is 13.3. The molecule has 2 aromatic carbocycles. The van der Waals surface area contributed by atoms with Gasteiger partial charge in [-0.3, -0.25) is 9.59 Å². The van der Waals surface area contributed by atoms with E-state index in [4.69, 9.17) is 0 Å². The SMILES string of the molecule is C=CC[C@@H]1CC=C[C@@H](C)N1C(=O)c1ccc(-n2cc(NC(=O)Cc3cccc(F)c3)cn2)cc1. The number of rotatable bonds is 7. The van der Waals surface area contributed by atoms with Gasteiger partial charge in [-0.1, -0.05) is 30.4 Å². The molecule has 174 valence electrons. The van der Waals surface area contributed by atoms with Gasteiger partial charge in [0.05, 0.1) is 30.2 Å². The van der Waals surface area contributed by atoms with Crippen LogP contribution in [0.3, 0.4) is 0 Å². The second kappa shape index (κ2) is 10.3. The van der Waals surface area contributed by atoms with Crippen LogP contribution in [0.1, 0.15) is 35.7 Å². The van der Waals surface area contributed by atoms with Gasteiger partial charge in [0.2, 0.25) is 5.91 Å².